The SMILES string of the molecule is CCC(c1ccccc1)c1nccc2ccccc12. The molecular formula is C18H17N. The zero-order valence-electron chi connectivity index (χ0n) is 11.1. The standard InChI is InChI=1S/C18H17N/c1-2-16(14-8-4-3-5-9-14)18-17-11-7-6-10-15(17)12-13-19-18/h3-13,16H,2H2,1H3. The van der Waals surface area contributed by atoms with Gasteiger partial charge in [-0.2, -0.15) is 0 Å². The molecular weight excluding hydrogens is 230 g/mol. The molecule has 1 atom stereocenters. The summed E-state index contributed by atoms with van der Waals surface area (Å²) >= 11 is 0. The van der Waals surface area contributed by atoms with Crippen molar-refractivity contribution in [3.05, 3.63) is 78.1 Å². The summed E-state index contributed by atoms with van der Waals surface area (Å²) in [4.78, 5) is 4.65. The first-order valence-corrected chi connectivity index (χ1v) is 6.78. The molecule has 0 spiro atoms. The van der Waals surface area contributed by atoms with Crippen molar-refractivity contribution in [1.29, 1.82) is 0 Å². The zero-order chi connectivity index (χ0) is 13.1. The second-order valence-corrected chi connectivity index (χ2v) is 4.79. The Kier molecular flexibility index (Phi) is 3.28. The smallest absolute Gasteiger partial charge is 0.0556 e. The minimum absolute atomic E-state index is 0.368. The molecule has 0 saturated carbocycles. The van der Waals surface area contributed by atoms with Gasteiger partial charge in [-0.05, 0) is 23.4 Å². The highest BCUT2D eigenvalue weighted by Gasteiger charge is 2.15. The van der Waals surface area contributed by atoms with Gasteiger partial charge in [0, 0.05) is 17.5 Å². The van der Waals surface area contributed by atoms with Crippen molar-refractivity contribution in [2.75, 3.05) is 0 Å². The summed E-state index contributed by atoms with van der Waals surface area (Å²) in [6, 6.07) is 21.2. The van der Waals surface area contributed by atoms with Crippen LogP contribution in [0.25, 0.3) is 10.8 Å². The van der Waals surface area contributed by atoms with Gasteiger partial charge in [0.1, 0.15) is 0 Å². The van der Waals surface area contributed by atoms with Gasteiger partial charge < -0.3 is 0 Å². The first kappa shape index (κ1) is 11.9. The molecule has 0 aliphatic rings. The third-order valence-electron chi connectivity index (χ3n) is 3.64. The second kappa shape index (κ2) is 5.23. The minimum atomic E-state index is 0.368. The molecule has 3 aromatic rings. The number of nitrogens with zero attached hydrogens (tertiary/aromatic N) is 1. The maximum Gasteiger partial charge on any atom is 0.0556 e. The van der Waals surface area contributed by atoms with Gasteiger partial charge in [-0.25, -0.2) is 0 Å². The topological polar surface area (TPSA) is 12.9 Å². The van der Waals surface area contributed by atoms with Crippen LogP contribution in [0.3, 0.4) is 0 Å². The number of benzene rings is 2. The average molecular weight is 247 g/mol. The number of fused-ring (bicyclic) bond motifs is 1. The van der Waals surface area contributed by atoms with Crippen LogP contribution in [0.5, 0.6) is 0 Å². The normalized spacial score (nSPS) is 12.5. The molecule has 1 heteroatoms. The predicted octanol–water partition coefficient (Wildman–Crippen LogP) is 4.78. The molecule has 94 valence electrons. The molecule has 1 heterocycles. The quantitative estimate of drug-likeness (QED) is 0.649. The Labute approximate surface area is 113 Å². The summed E-state index contributed by atoms with van der Waals surface area (Å²) in [5, 5.41) is 2.53. The molecule has 0 aliphatic carbocycles. The number of aromatic nitrogens is 1. The summed E-state index contributed by atoms with van der Waals surface area (Å²) in [5.74, 6) is 0.368. The third-order valence-corrected chi connectivity index (χ3v) is 3.64. The van der Waals surface area contributed by atoms with E-state index >= 15 is 0 Å². The van der Waals surface area contributed by atoms with E-state index in [0.717, 1.165) is 6.42 Å². The molecule has 2 aromatic carbocycles. The first-order chi connectivity index (χ1) is 9.40. The Balaban J connectivity index is 2.17. The van der Waals surface area contributed by atoms with E-state index in [4.69, 9.17) is 0 Å². The van der Waals surface area contributed by atoms with E-state index in [2.05, 4.69) is 72.6 Å². The van der Waals surface area contributed by atoms with E-state index in [1.54, 1.807) is 0 Å². The molecule has 0 aliphatic heterocycles. The second-order valence-electron chi connectivity index (χ2n) is 4.79. The van der Waals surface area contributed by atoms with E-state index in [1.807, 2.05) is 6.20 Å². The van der Waals surface area contributed by atoms with Gasteiger partial charge >= 0.3 is 0 Å². The van der Waals surface area contributed by atoms with Crippen LogP contribution < -0.4 is 0 Å². The maximum atomic E-state index is 4.65. The van der Waals surface area contributed by atoms with Crippen LogP contribution in [0.2, 0.25) is 0 Å². The van der Waals surface area contributed by atoms with Gasteiger partial charge in [-0.15, -0.1) is 0 Å². The molecule has 1 unspecified atom stereocenters. The van der Waals surface area contributed by atoms with Crippen LogP contribution in [0.15, 0.2) is 66.9 Å². The zero-order valence-corrected chi connectivity index (χ0v) is 11.1. The van der Waals surface area contributed by atoms with Crippen molar-refractivity contribution in [2.24, 2.45) is 0 Å². The lowest BCUT2D eigenvalue weighted by Crippen LogP contribution is -2.03. The molecule has 19 heavy (non-hydrogen) atoms. The van der Waals surface area contributed by atoms with E-state index in [0.29, 0.717) is 5.92 Å². The lowest BCUT2D eigenvalue weighted by Gasteiger charge is -2.17. The fourth-order valence-corrected chi connectivity index (χ4v) is 2.69. The summed E-state index contributed by atoms with van der Waals surface area (Å²) in [6.07, 6.45) is 2.98. The minimum Gasteiger partial charge on any atom is -0.260 e. The monoisotopic (exact) mass is 247 g/mol. The van der Waals surface area contributed by atoms with Crippen molar-refractivity contribution in [1.82, 2.24) is 4.98 Å². The molecule has 0 N–H and O–H groups in total. The Hall–Kier alpha value is -2.15. The number of hydrogen-bond acceptors (Lipinski definition) is 1. The van der Waals surface area contributed by atoms with Crippen molar-refractivity contribution in [2.45, 2.75) is 19.3 Å². The molecule has 0 amide bonds. The highest BCUT2D eigenvalue weighted by molar-refractivity contribution is 5.85. The van der Waals surface area contributed by atoms with Crippen LogP contribution in [0.4, 0.5) is 0 Å². The van der Waals surface area contributed by atoms with Gasteiger partial charge in [0.2, 0.25) is 0 Å². The van der Waals surface area contributed by atoms with E-state index in [9.17, 15) is 0 Å². The number of rotatable bonds is 3. The molecule has 1 nitrogen and oxygen atoms in total. The van der Waals surface area contributed by atoms with Gasteiger partial charge in [0.25, 0.3) is 0 Å². The lowest BCUT2D eigenvalue weighted by atomic mass is 9.90. The Bertz CT molecular complexity index is 668. The number of pyridine rings is 1. The summed E-state index contributed by atoms with van der Waals surface area (Å²) in [5.41, 5.74) is 2.53. The Morgan fingerprint density at radius 1 is 0.895 bits per heavy atom. The fraction of sp³-hybridized carbons (Fsp3) is 0.167. The summed E-state index contributed by atoms with van der Waals surface area (Å²) in [6.45, 7) is 2.22. The fourth-order valence-electron chi connectivity index (χ4n) is 2.69. The van der Waals surface area contributed by atoms with Crippen molar-refractivity contribution in [3.63, 3.8) is 0 Å². The van der Waals surface area contributed by atoms with Crippen molar-refractivity contribution >= 4 is 10.8 Å². The lowest BCUT2D eigenvalue weighted by molar-refractivity contribution is 0.757. The summed E-state index contributed by atoms with van der Waals surface area (Å²) in [7, 11) is 0. The average Bonchev–Trinajstić information content (AvgIpc) is 2.49. The molecule has 0 bridgehead atoms. The third kappa shape index (κ3) is 2.24. The van der Waals surface area contributed by atoms with E-state index in [-0.39, 0.29) is 0 Å². The van der Waals surface area contributed by atoms with Gasteiger partial charge in [-0.1, -0.05) is 61.5 Å². The molecule has 0 radical (unpaired) electrons. The Morgan fingerprint density at radius 3 is 2.42 bits per heavy atom. The maximum absolute atomic E-state index is 4.65. The van der Waals surface area contributed by atoms with Gasteiger partial charge in [0.15, 0.2) is 0 Å². The van der Waals surface area contributed by atoms with Crippen molar-refractivity contribution < 1.29 is 0 Å². The largest absolute Gasteiger partial charge is 0.260 e. The van der Waals surface area contributed by atoms with E-state index < -0.39 is 0 Å². The molecule has 0 fully saturated rings. The molecule has 1 aromatic heterocycles. The first-order valence-electron chi connectivity index (χ1n) is 6.78. The van der Waals surface area contributed by atoms with Crippen LogP contribution in [-0.2, 0) is 0 Å². The van der Waals surface area contributed by atoms with E-state index in [1.165, 1.54) is 22.0 Å². The Morgan fingerprint density at radius 2 is 1.63 bits per heavy atom. The van der Waals surface area contributed by atoms with Crippen LogP contribution in [0.1, 0.15) is 30.5 Å². The highest BCUT2D eigenvalue weighted by Crippen LogP contribution is 2.31. The van der Waals surface area contributed by atoms with Gasteiger partial charge in [-0.3, -0.25) is 4.98 Å². The van der Waals surface area contributed by atoms with Crippen LogP contribution in [0, 0.1) is 0 Å². The summed E-state index contributed by atoms with van der Waals surface area (Å²) < 4.78 is 0. The van der Waals surface area contributed by atoms with Gasteiger partial charge in [0.05, 0.1) is 5.69 Å². The predicted molar refractivity (Wildman–Crippen MR) is 80.3 cm³/mol. The van der Waals surface area contributed by atoms with Crippen LogP contribution >= 0.6 is 0 Å². The van der Waals surface area contributed by atoms with Crippen molar-refractivity contribution in [3.8, 4) is 0 Å². The molecule has 3 rings (SSSR count). The van der Waals surface area contributed by atoms with Crippen LogP contribution in [-0.4, -0.2) is 4.98 Å². The number of hydrogen-bond donors (Lipinski definition) is 0. The molecule has 0 saturated heterocycles. The highest BCUT2D eigenvalue weighted by atomic mass is 14.7.